The molecule has 49 heavy (non-hydrogen) atoms. The standard InChI is InChI=1S/C37H42N4O8/c1-37(2,3)49-36(45)41-30-21-47-32-29(20-46-33(30)32)39-31(42)18-38-34(43)28(17-22-11-5-4-6-12-22)40-35(44)48-19-27-25-15-9-7-13-23(25)24-14-8-10-16-26(24)27/h4-16,27-30,32-33H,17-21H2,1-3H3,(H,38,43)(H,39,42)(H,40,44)(H,41,45)/t28-,29-,30-,32+,33+/m0/s1. The van der Waals surface area contributed by atoms with Crippen LogP contribution in [0.2, 0.25) is 0 Å². The molecule has 0 radical (unpaired) electrons. The fourth-order valence-electron chi connectivity index (χ4n) is 6.60. The third-order valence-corrected chi connectivity index (χ3v) is 8.76. The van der Waals surface area contributed by atoms with Crippen LogP contribution in [-0.4, -0.2) is 86.3 Å². The lowest BCUT2D eigenvalue weighted by Gasteiger charge is -2.23. The Bertz CT molecular complexity index is 1630. The van der Waals surface area contributed by atoms with Gasteiger partial charge in [0.1, 0.15) is 30.5 Å². The van der Waals surface area contributed by atoms with E-state index < -0.39 is 59.9 Å². The van der Waals surface area contributed by atoms with Gasteiger partial charge in [-0.05, 0) is 48.6 Å². The Morgan fingerprint density at radius 1 is 0.776 bits per heavy atom. The molecule has 0 bridgehead atoms. The Labute approximate surface area is 285 Å². The molecule has 3 aliphatic rings. The first-order chi connectivity index (χ1) is 23.6. The van der Waals surface area contributed by atoms with Crippen molar-refractivity contribution in [3.8, 4) is 11.1 Å². The van der Waals surface area contributed by atoms with Crippen molar-refractivity contribution in [3.05, 3.63) is 95.6 Å². The number of nitrogens with one attached hydrogen (secondary N) is 4. The number of amides is 4. The van der Waals surface area contributed by atoms with Crippen LogP contribution in [0, 0.1) is 0 Å². The number of carbonyl (C=O) groups is 4. The van der Waals surface area contributed by atoms with Crippen molar-refractivity contribution in [1.82, 2.24) is 21.3 Å². The lowest BCUT2D eigenvalue weighted by Crippen LogP contribution is -2.52. The first kappa shape index (κ1) is 33.9. The molecule has 12 heteroatoms. The Kier molecular flexibility index (Phi) is 10.2. The number of hydrogen-bond acceptors (Lipinski definition) is 8. The number of ether oxygens (including phenoxy) is 4. The summed E-state index contributed by atoms with van der Waals surface area (Å²) in [6.07, 6.45) is -2.04. The number of rotatable bonds is 10. The summed E-state index contributed by atoms with van der Waals surface area (Å²) in [4.78, 5) is 51.7. The molecule has 0 spiro atoms. The molecule has 2 saturated heterocycles. The molecule has 2 aliphatic heterocycles. The van der Waals surface area contributed by atoms with Gasteiger partial charge in [-0.2, -0.15) is 0 Å². The smallest absolute Gasteiger partial charge is 0.408 e. The van der Waals surface area contributed by atoms with Gasteiger partial charge in [-0.15, -0.1) is 0 Å². The van der Waals surface area contributed by atoms with E-state index in [4.69, 9.17) is 18.9 Å². The summed E-state index contributed by atoms with van der Waals surface area (Å²) in [5, 5.41) is 11.0. The van der Waals surface area contributed by atoms with E-state index in [1.165, 1.54) is 0 Å². The third kappa shape index (κ3) is 8.21. The molecule has 5 atom stereocenters. The first-order valence-corrected chi connectivity index (χ1v) is 16.5. The summed E-state index contributed by atoms with van der Waals surface area (Å²) >= 11 is 0. The molecule has 1 aliphatic carbocycles. The van der Waals surface area contributed by atoms with Crippen LogP contribution in [0.5, 0.6) is 0 Å². The second-order valence-electron chi connectivity index (χ2n) is 13.5. The zero-order valence-electron chi connectivity index (χ0n) is 27.8. The fraction of sp³-hybridized carbons (Fsp3) is 0.405. The molecular formula is C37H42N4O8. The van der Waals surface area contributed by atoms with Crippen LogP contribution in [0.3, 0.4) is 0 Å². The summed E-state index contributed by atoms with van der Waals surface area (Å²) in [6, 6.07) is 23.5. The molecule has 0 saturated carbocycles. The molecule has 3 aromatic rings. The van der Waals surface area contributed by atoms with Gasteiger partial charge in [0.05, 0.1) is 31.8 Å². The Hall–Kier alpha value is -4.94. The van der Waals surface area contributed by atoms with Crippen molar-refractivity contribution < 1.29 is 38.1 Å². The van der Waals surface area contributed by atoms with Crippen molar-refractivity contribution in [2.45, 2.75) is 69.0 Å². The van der Waals surface area contributed by atoms with Gasteiger partial charge in [-0.25, -0.2) is 9.59 Å². The lowest BCUT2D eigenvalue weighted by molar-refractivity contribution is -0.127. The zero-order chi connectivity index (χ0) is 34.5. The van der Waals surface area contributed by atoms with E-state index in [2.05, 4.69) is 33.4 Å². The minimum atomic E-state index is -0.997. The molecule has 3 aromatic carbocycles. The highest BCUT2D eigenvalue weighted by atomic mass is 16.6. The maximum Gasteiger partial charge on any atom is 0.408 e. The van der Waals surface area contributed by atoms with Gasteiger partial charge in [0.15, 0.2) is 0 Å². The van der Waals surface area contributed by atoms with Gasteiger partial charge in [0, 0.05) is 12.3 Å². The van der Waals surface area contributed by atoms with E-state index in [0.717, 1.165) is 27.8 Å². The van der Waals surface area contributed by atoms with E-state index >= 15 is 0 Å². The molecule has 6 rings (SSSR count). The van der Waals surface area contributed by atoms with Crippen LogP contribution < -0.4 is 21.3 Å². The fourth-order valence-corrected chi connectivity index (χ4v) is 6.60. The summed E-state index contributed by atoms with van der Waals surface area (Å²) in [6.45, 7) is 5.49. The van der Waals surface area contributed by atoms with Gasteiger partial charge in [0.25, 0.3) is 0 Å². The predicted molar refractivity (Wildman–Crippen MR) is 180 cm³/mol. The van der Waals surface area contributed by atoms with E-state index in [9.17, 15) is 19.2 Å². The van der Waals surface area contributed by atoms with Gasteiger partial charge in [0.2, 0.25) is 11.8 Å². The van der Waals surface area contributed by atoms with E-state index in [0.29, 0.717) is 0 Å². The van der Waals surface area contributed by atoms with Crippen LogP contribution in [0.1, 0.15) is 43.4 Å². The highest BCUT2D eigenvalue weighted by Gasteiger charge is 2.49. The van der Waals surface area contributed by atoms with Crippen LogP contribution >= 0.6 is 0 Å². The van der Waals surface area contributed by atoms with Crippen molar-refractivity contribution in [2.75, 3.05) is 26.4 Å². The predicted octanol–water partition coefficient (Wildman–Crippen LogP) is 3.43. The molecular weight excluding hydrogens is 628 g/mol. The van der Waals surface area contributed by atoms with Crippen molar-refractivity contribution in [1.29, 1.82) is 0 Å². The van der Waals surface area contributed by atoms with Crippen LogP contribution in [0.15, 0.2) is 78.9 Å². The summed E-state index contributed by atoms with van der Waals surface area (Å²) < 4.78 is 22.7. The average Bonchev–Trinajstić information content (AvgIpc) is 3.75. The maximum atomic E-state index is 13.4. The molecule has 0 unspecified atom stereocenters. The molecule has 4 N–H and O–H groups in total. The largest absolute Gasteiger partial charge is 0.449 e. The van der Waals surface area contributed by atoms with Gasteiger partial charge >= 0.3 is 12.2 Å². The highest BCUT2D eigenvalue weighted by Crippen LogP contribution is 2.44. The van der Waals surface area contributed by atoms with E-state index in [-0.39, 0.29) is 38.7 Å². The normalized spacial score (nSPS) is 21.4. The monoisotopic (exact) mass is 670 g/mol. The number of carbonyl (C=O) groups excluding carboxylic acids is 4. The number of fused-ring (bicyclic) bond motifs is 4. The number of hydrogen-bond donors (Lipinski definition) is 4. The second-order valence-corrected chi connectivity index (χ2v) is 13.5. The van der Waals surface area contributed by atoms with E-state index in [1.54, 1.807) is 20.8 Å². The summed E-state index contributed by atoms with van der Waals surface area (Å²) in [5.41, 5.74) is 4.57. The first-order valence-electron chi connectivity index (χ1n) is 16.5. The van der Waals surface area contributed by atoms with Crippen LogP contribution in [0.4, 0.5) is 9.59 Å². The van der Waals surface area contributed by atoms with Crippen molar-refractivity contribution >= 4 is 24.0 Å². The lowest BCUT2D eigenvalue weighted by atomic mass is 9.98. The quantitative estimate of drug-likeness (QED) is 0.256. The molecule has 0 aromatic heterocycles. The maximum absolute atomic E-state index is 13.4. The van der Waals surface area contributed by atoms with Crippen molar-refractivity contribution in [3.63, 3.8) is 0 Å². The molecule has 4 amide bonds. The third-order valence-electron chi connectivity index (χ3n) is 8.76. The summed E-state index contributed by atoms with van der Waals surface area (Å²) in [5.74, 6) is -1.12. The second kappa shape index (κ2) is 14.7. The molecule has 258 valence electrons. The van der Waals surface area contributed by atoms with E-state index in [1.807, 2.05) is 66.7 Å². The average molecular weight is 671 g/mol. The minimum absolute atomic E-state index is 0.101. The highest BCUT2D eigenvalue weighted by molar-refractivity contribution is 5.90. The molecule has 2 heterocycles. The molecule has 12 nitrogen and oxygen atoms in total. The van der Waals surface area contributed by atoms with Gasteiger partial charge in [-0.1, -0.05) is 78.9 Å². The Balaban J connectivity index is 1.02. The Morgan fingerprint density at radius 3 is 1.96 bits per heavy atom. The van der Waals surface area contributed by atoms with Crippen LogP contribution in [0.25, 0.3) is 11.1 Å². The topological polar surface area (TPSA) is 153 Å². The zero-order valence-corrected chi connectivity index (χ0v) is 27.8. The number of alkyl carbamates (subject to hydrolysis) is 2. The number of benzene rings is 3. The Morgan fingerprint density at radius 2 is 1.35 bits per heavy atom. The summed E-state index contributed by atoms with van der Waals surface area (Å²) in [7, 11) is 0. The molecule has 2 fully saturated rings. The SMILES string of the molecule is CC(C)(C)OC(=O)N[C@H]1CO[C@H]2[C@@H]1OC[C@@H]2NC(=O)CNC(=O)[C@H](Cc1ccccc1)NC(=O)OCC1c2ccccc2-c2ccccc21. The van der Waals surface area contributed by atoms with Crippen LogP contribution in [-0.2, 0) is 35.0 Å². The minimum Gasteiger partial charge on any atom is -0.449 e. The van der Waals surface area contributed by atoms with Gasteiger partial charge < -0.3 is 40.2 Å². The van der Waals surface area contributed by atoms with Gasteiger partial charge in [-0.3, -0.25) is 9.59 Å². The van der Waals surface area contributed by atoms with Crippen molar-refractivity contribution in [2.24, 2.45) is 0 Å².